The smallest absolute Gasteiger partial charge is 0.182 e. The number of rotatable bonds is 3. The molecule has 18 heavy (non-hydrogen) atoms. The lowest BCUT2D eigenvalue weighted by Gasteiger charge is -2.12. The molecule has 1 heterocycles. The molecule has 0 radical (unpaired) electrons. The summed E-state index contributed by atoms with van der Waals surface area (Å²) >= 11 is 0. The molecule has 1 aliphatic rings. The molecule has 0 spiro atoms. The average Bonchev–Trinajstić information content (AvgIpc) is 3.09. The van der Waals surface area contributed by atoms with E-state index in [4.69, 9.17) is 5.73 Å². The number of hydrogen-bond donors (Lipinski definition) is 1. The van der Waals surface area contributed by atoms with Crippen molar-refractivity contribution < 1.29 is 0 Å². The minimum Gasteiger partial charge on any atom is -0.398 e. The van der Waals surface area contributed by atoms with E-state index in [0.717, 1.165) is 28.6 Å². The van der Waals surface area contributed by atoms with Gasteiger partial charge in [-0.25, -0.2) is 4.68 Å². The van der Waals surface area contributed by atoms with Crippen molar-refractivity contribution in [2.45, 2.75) is 32.7 Å². The summed E-state index contributed by atoms with van der Waals surface area (Å²) in [5.74, 6) is 1.52. The number of nitrogens with zero attached hydrogens (tertiary/aromatic N) is 4. The third kappa shape index (κ3) is 1.85. The highest BCUT2D eigenvalue weighted by atomic mass is 15.5. The monoisotopic (exact) mass is 243 g/mol. The number of aryl methyl sites for hydroxylation is 1. The fourth-order valence-corrected chi connectivity index (χ4v) is 2.22. The molecule has 1 fully saturated rings. The van der Waals surface area contributed by atoms with Crippen molar-refractivity contribution in [3.8, 4) is 11.4 Å². The van der Waals surface area contributed by atoms with Gasteiger partial charge in [-0.1, -0.05) is 12.1 Å². The van der Waals surface area contributed by atoms with E-state index in [9.17, 15) is 0 Å². The van der Waals surface area contributed by atoms with Gasteiger partial charge in [-0.3, -0.25) is 0 Å². The third-order valence-electron chi connectivity index (χ3n) is 3.72. The molecule has 1 aromatic heterocycles. The van der Waals surface area contributed by atoms with Crippen LogP contribution in [-0.4, -0.2) is 20.2 Å². The van der Waals surface area contributed by atoms with Crippen LogP contribution >= 0.6 is 0 Å². The fourth-order valence-electron chi connectivity index (χ4n) is 2.22. The number of nitrogen functional groups attached to an aromatic ring is 1. The maximum atomic E-state index is 5.95. The first kappa shape index (κ1) is 11.2. The third-order valence-corrected chi connectivity index (χ3v) is 3.72. The Hall–Kier alpha value is -1.91. The number of benzene rings is 1. The van der Waals surface area contributed by atoms with Gasteiger partial charge in [0, 0.05) is 11.3 Å². The molecular weight excluding hydrogens is 226 g/mol. The van der Waals surface area contributed by atoms with Gasteiger partial charge in [0.1, 0.15) is 0 Å². The van der Waals surface area contributed by atoms with Crippen molar-refractivity contribution in [3.05, 3.63) is 23.8 Å². The Balaban J connectivity index is 2.00. The lowest BCUT2D eigenvalue weighted by atomic mass is 10.1. The van der Waals surface area contributed by atoms with Gasteiger partial charge < -0.3 is 5.73 Å². The molecule has 5 heteroatoms. The van der Waals surface area contributed by atoms with Crippen LogP contribution in [0.25, 0.3) is 11.4 Å². The maximum absolute atomic E-state index is 5.95. The standard InChI is InChI=1S/C13H17N5/c1-8-3-4-11(7-12(8)14)13-15-16-17-18(13)9(2)10-5-6-10/h3-4,7,9-10H,5-6,14H2,1-2H3. The molecular formula is C13H17N5. The van der Waals surface area contributed by atoms with E-state index in [-0.39, 0.29) is 0 Å². The van der Waals surface area contributed by atoms with E-state index in [1.165, 1.54) is 12.8 Å². The summed E-state index contributed by atoms with van der Waals surface area (Å²) in [6.45, 7) is 4.17. The molecule has 0 aliphatic heterocycles. The zero-order valence-corrected chi connectivity index (χ0v) is 10.7. The molecule has 1 unspecified atom stereocenters. The summed E-state index contributed by atoms with van der Waals surface area (Å²) in [6, 6.07) is 6.33. The van der Waals surface area contributed by atoms with E-state index in [1.807, 2.05) is 29.8 Å². The second kappa shape index (κ2) is 4.08. The Morgan fingerprint density at radius 3 is 2.83 bits per heavy atom. The Morgan fingerprint density at radius 1 is 1.39 bits per heavy atom. The highest BCUT2D eigenvalue weighted by molar-refractivity contribution is 5.63. The molecule has 1 aliphatic carbocycles. The lowest BCUT2D eigenvalue weighted by Crippen LogP contribution is -2.11. The molecule has 0 saturated heterocycles. The number of anilines is 1. The largest absolute Gasteiger partial charge is 0.398 e. The second-order valence-electron chi connectivity index (χ2n) is 5.10. The van der Waals surface area contributed by atoms with Crippen molar-refractivity contribution in [2.75, 3.05) is 5.73 Å². The van der Waals surface area contributed by atoms with Gasteiger partial charge in [0.15, 0.2) is 5.82 Å². The number of nitrogens with two attached hydrogens (primary N) is 1. The van der Waals surface area contributed by atoms with E-state index >= 15 is 0 Å². The minimum absolute atomic E-state index is 0.359. The van der Waals surface area contributed by atoms with Crippen molar-refractivity contribution >= 4 is 5.69 Å². The van der Waals surface area contributed by atoms with Crippen LogP contribution in [0.15, 0.2) is 18.2 Å². The van der Waals surface area contributed by atoms with Crippen molar-refractivity contribution in [2.24, 2.45) is 5.92 Å². The molecule has 5 nitrogen and oxygen atoms in total. The van der Waals surface area contributed by atoms with E-state index < -0.39 is 0 Å². The maximum Gasteiger partial charge on any atom is 0.182 e. The summed E-state index contributed by atoms with van der Waals surface area (Å²) in [5, 5.41) is 12.1. The number of hydrogen-bond acceptors (Lipinski definition) is 4. The zero-order valence-electron chi connectivity index (χ0n) is 10.7. The Bertz CT molecular complexity index is 571. The fraction of sp³-hybridized carbons (Fsp3) is 0.462. The molecule has 2 N–H and O–H groups in total. The molecule has 0 bridgehead atoms. The van der Waals surface area contributed by atoms with Crippen LogP contribution < -0.4 is 5.73 Å². The summed E-state index contributed by atoms with van der Waals surface area (Å²) in [6.07, 6.45) is 2.55. The summed E-state index contributed by atoms with van der Waals surface area (Å²) < 4.78 is 1.92. The normalized spacial score (nSPS) is 16.8. The van der Waals surface area contributed by atoms with Gasteiger partial charge in [-0.2, -0.15) is 0 Å². The summed E-state index contributed by atoms with van der Waals surface area (Å²) in [7, 11) is 0. The first-order chi connectivity index (χ1) is 8.66. The van der Waals surface area contributed by atoms with Gasteiger partial charge in [0.25, 0.3) is 0 Å². The van der Waals surface area contributed by atoms with Crippen LogP contribution in [0.5, 0.6) is 0 Å². The van der Waals surface area contributed by atoms with Crippen LogP contribution in [0.4, 0.5) is 5.69 Å². The average molecular weight is 243 g/mol. The van der Waals surface area contributed by atoms with E-state index in [1.54, 1.807) is 0 Å². The molecule has 2 aromatic rings. The van der Waals surface area contributed by atoms with Crippen molar-refractivity contribution in [1.29, 1.82) is 0 Å². The molecule has 1 aromatic carbocycles. The van der Waals surface area contributed by atoms with Crippen LogP contribution in [0, 0.1) is 12.8 Å². The van der Waals surface area contributed by atoms with Gasteiger partial charge in [0.2, 0.25) is 0 Å². The number of tetrazole rings is 1. The van der Waals surface area contributed by atoms with Crippen molar-refractivity contribution in [1.82, 2.24) is 20.2 Å². The quantitative estimate of drug-likeness (QED) is 0.839. The molecule has 3 rings (SSSR count). The summed E-state index contributed by atoms with van der Waals surface area (Å²) in [4.78, 5) is 0. The first-order valence-electron chi connectivity index (χ1n) is 6.31. The lowest BCUT2D eigenvalue weighted by molar-refractivity contribution is 0.433. The molecule has 1 atom stereocenters. The van der Waals surface area contributed by atoms with Crippen LogP contribution in [0.1, 0.15) is 31.4 Å². The topological polar surface area (TPSA) is 69.6 Å². The molecule has 94 valence electrons. The highest BCUT2D eigenvalue weighted by Gasteiger charge is 2.31. The Morgan fingerprint density at radius 2 is 2.17 bits per heavy atom. The first-order valence-corrected chi connectivity index (χ1v) is 6.31. The van der Waals surface area contributed by atoms with Crippen LogP contribution in [0.3, 0.4) is 0 Å². The van der Waals surface area contributed by atoms with Gasteiger partial charge in [0.05, 0.1) is 6.04 Å². The van der Waals surface area contributed by atoms with Crippen LogP contribution in [0.2, 0.25) is 0 Å². The van der Waals surface area contributed by atoms with Gasteiger partial charge in [-0.05, 0) is 54.7 Å². The zero-order chi connectivity index (χ0) is 12.7. The second-order valence-corrected chi connectivity index (χ2v) is 5.10. The predicted molar refractivity (Wildman–Crippen MR) is 69.8 cm³/mol. The minimum atomic E-state index is 0.359. The van der Waals surface area contributed by atoms with Gasteiger partial charge in [-0.15, -0.1) is 5.10 Å². The highest BCUT2D eigenvalue weighted by Crippen LogP contribution is 2.40. The molecule has 1 saturated carbocycles. The SMILES string of the molecule is Cc1ccc(-c2nnnn2C(C)C2CC2)cc1N. The Labute approximate surface area is 106 Å². The van der Waals surface area contributed by atoms with E-state index in [0.29, 0.717) is 6.04 Å². The van der Waals surface area contributed by atoms with Crippen molar-refractivity contribution in [3.63, 3.8) is 0 Å². The predicted octanol–water partition coefficient (Wildman–Crippen LogP) is 2.20. The summed E-state index contributed by atoms with van der Waals surface area (Å²) in [5.41, 5.74) is 8.78. The molecule has 0 amide bonds. The van der Waals surface area contributed by atoms with Gasteiger partial charge >= 0.3 is 0 Å². The Kier molecular flexibility index (Phi) is 2.54. The van der Waals surface area contributed by atoms with E-state index in [2.05, 4.69) is 22.4 Å². The number of aromatic nitrogens is 4. The van der Waals surface area contributed by atoms with Crippen LogP contribution in [-0.2, 0) is 0 Å².